The fraction of sp³-hybridized carbons (Fsp3) is 0.500. The molecule has 0 amide bonds. The molecule has 0 aliphatic carbocycles. The number of likely N-dealkylation sites (N-methyl/N-ethyl adjacent to an activating group) is 1. The van der Waals surface area contributed by atoms with E-state index in [4.69, 9.17) is 10.9 Å². The van der Waals surface area contributed by atoms with E-state index in [2.05, 4.69) is 27.0 Å². The lowest BCUT2D eigenvalue weighted by molar-refractivity contribution is 0.318. The van der Waals surface area contributed by atoms with Gasteiger partial charge in [-0.3, -0.25) is 4.98 Å². The van der Waals surface area contributed by atoms with Crippen LogP contribution in [0.1, 0.15) is 12.1 Å². The monoisotopic (exact) mass is 249 g/mol. The van der Waals surface area contributed by atoms with Crippen LogP contribution in [0.2, 0.25) is 0 Å². The van der Waals surface area contributed by atoms with Crippen molar-refractivity contribution in [3.8, 4) is 0 Å². The van der Waals surface area contributed by atoms with Gasteiger partial charge < -0.3 is 20.7 Å². The number of aromatic nitrogens is 1. The molecule has 1 aromatic rings. The summed E-state index contributed by atoms with van der Waals surface area (Å²) in [5.74, 6) is 0.0452. The molecule has 1 aliphatic heterocycles. The summed E-state index contributed by atoms with van der Waals surface area (Å²) in [5, 5.41) is 11.7. The molecular formula is C12H19N5O. The third-order valence-corrected chi connectivity index (χ3v) is 3.20. The normalized spacial score (nSPS) is 18.7. The second-order valence-electron chi connectivity index (χ2n) is 4.53. The molecule has 0 bridgehead atoms. The lowest BCUT2D eigenvalue weighted by Crippen LogP contribution is -2.29. The number of hydrogen-bond donors (Lipinski definition) is 2. The first-order valence-corrected chi connectivity index (χ1v) is 6.08. The Labute approximate surface area is 107 Å². The van der Waals surface area contributed by atoms with Crippen molar-refractivity contribution in [1.29, 1.82) is 0 Å². The van der Waals surface area contributed by atoms with E-state index in [0.29, 0.717) is 5.69 Å². The van der Waals surface area contributed by atoms with Crippen molar-refractivity contribution < 1.29 is 5.21 Å². The fourth-order valence-electron chi connectivity index (χ4n) is 2.11. The number of nitrogens with zero attached hydrogens (tertiary/aromatic N) is 4. The Morgan fingerprint density at radius 2 is 2.22 bits per heavy atom. The second kappa shape index (κ2) is 5.68. The molecular weight excluding hydrogens is 230 g/mol. The molecule has 1 aliphatic rings. The van der Waals surface area contributed by atoms with Gasteiger partial charge in [0.1, 0.15) is 5.69 Å². The third kappa shape index (κ3) is 2.89. The maximum Gasteiger partial charge on any atom is 0.188 e. The number of pyridine rings is 1. The quantitative estimate of drug-likeness (QED) is 0.341. The minimum Gasteiger partial charge on any atom is -0.409 e. The minimum absolute atomic E-state index is 0.0452. The van der Waals surface area contributed by atoms with E-state index in [1.165, 1.54) is 0 Å². The maximum atomic E-state index is 8.67. The summed E-state index contributed by atoms with van der Waals surface area (Å²) in [5.41, 5.74) is 7.13. The van der Waals surface area contributed by atoms with Crippen molar-refractivity contribution in [3.63, 3.8) is 0 Å². The first-order valence-electron chi connectivity index (χ1n) is 6.08. The minimum atomic E-state index is 0.0452. The number of nitrogens with two attached hydrogens (primary N) is 1. The van der Waals surface area contributed by atoms with Gasteiger partial charge in [0, 0.05) is 31.5 Å². The Kier molecular flexibility index (Phi) is 3.99. The molecule has 0 unspecified atom stereocenters. The summed E-state index contributed by atoms with van der Waals surface area (Å²) < 4.78 is 0. The van der Waals surface area contributed by atoms with Crippen LogP contribution >= 0.6 is 0 Å². The summed E-state index contributed by atoms with van der Waals surface area (Å²) in [6.07, 6.45) is 2.83. The van der Waals surface area contributed by atoms with Crippen LogP contribution in [-0.4, -0.2) is 54.2 Å². The SMILES string of the molecule is CN1CCCN(c2ccnc(C(N)=NO)c2)CC1. The zero-order valence-corrected chi connectivity index (χ0v) is 10.6. The van der Waals surface area contributed by atoms with Gasteiger partial charge in [0.15, 0.2) is 5.84 Å². The van der Waals surface area contributed by atoms with E-state index in [0.717, 1.165) is 38.3 Å². The van der Waals surface area contributed by atoms with Gasteiger partial charge >= 0.3 is 0 Å². The first-order chi connectivity index (χ1) is 8.70. The van der Waals surface area contributed by atoms with Crippen molar-refractivity contribution in [3.05, 3.63) is 24.0 Å². The molecule has 0 radical (unpaired) electrons. The predicted molar refractivity (Wildman–Crippen MR) is 71.1 cm³/mol. The van der Waals surface area contributed by atoms with Gasteiger partial charge in [-0.05, 0) is 32.1 Å². The second-order valence-corrected chi connectivity index (χ2v) is 4.53. The van der Waals surface area contributed by atoms with Crippen molar-refractivity contribution in [2.45, 2.75) is 6.42 Å². The van der Waals surface area contributed by atoms with Crippen molar-refractivity contribution in [1.82, 2.24) is 9.88 Å². The Morgan fingerprint density at radius 3 is 3.00 bits per heavy atom. The highest BCUT2D eigenvalue weighted by Crippen LogP contribution is 2.16. The highest BCUT2D eigenvalue weighted by atomic mass is 16.4. The van der Waals surface area contributed by atoms with Crippen molar-refractivity contribution in [2.75, 3.05) is 38.1 Å². The molecule has 6 nitrogen and oxygen atoms in total. The van der Waals surface area contributed by atoms with E-state index in [9.17, 15) is 0 Å². The van der Waals surface area contributed by atoms with Gasteiger partial charge in [0.2, 0.25) is 0 Å². The van der Waals surface area contributed by atoms with E-state index >= 15 is 0 Å². The average molecular weight is 249 g/mol. The largest absolute Gasteiger partial charge is 0.409 e. The van der Waals surface area contributed by atoms with Crippen molar-refractivity contribution in [2.24, 2.45) is 10.9 Å². The van der Waals surface area contributed by atoms with E-state index < -0.39 is 0 Å². The number of rotatable bonds is 2. The van der Waals surface area contributed by atoms with Gasteiger partial charge in [-0.2, -0.15) is 0 Å². The van der Waals surface area contributed by atoms with E-state index in [1.807, 2.05) is 12.1 Å². The molecule has 1 fully saturated rings. The molecule has 98 valence electrons. The number of amidine groups is 1. The third-order valence-electron chi connectivity index (χ3n) is 3.20. The average Bonchev–Trinajstić information content (AvgIpc) is 2.63. The summed E-state index contributed by atoms with van der Waals surface area (Å²) in [6, 6.07) is 3.82. The Bertz CT molecular complexity index is 434. The fourth-order valence-corrected chi connectivity index (χ4v) is 2.11. The van der Waals surface area contributed by atoms with Crippen LogP contribution < -0.4 is 10.6 Å². The molecule has 0 saturated carbocycles. The molecule has 1 aromatic heterocycles. The van der Waals surface area contributed by atoms with Gasteiger partial charge in [0.25, 0.3) is 0 Å². The van der Waals surface area contributed by atoms with Crippen LogP contribution in [0.3, 0.4) is 0 Å². The highest BCUT2D eigenvalue weighted by molar-refractivity contribution is 5.95. The molecule has 0 aromatic carbocycles. The van der Waals surface area contributed by atoms with Gasteiger partial charge in [-0.15, -0.1) is 0 Å². The van der Waals surface area contributed by atoms with Crippen LogP contribution in [0.5, 0.6) is 0 Å². The molecule has 1 saturated heterocycles. The molecule has 0 atom stereocenters. The van der Waals surface area contributed by atoms with E-state index in [1.54, 1.807) is 6.20 Å². The lowest BCUT2D eigenvalue weighted by Gasteiger charge is -2.23. The van der Waals surface area contributed by atoms with Gasteiger partial charge in [0.05, 0.1) is 0 Å². The molecule has 3 N–H and O–H groups in total. The highest BCUT2D eigenvalue weighted by Gasteiger charge is 2.13. The standard InChI is InChI=1S/C12H19N5O/c1-16-5-2-6-17(8-7-16)10-3-4-14-11(9-10)12(13)15-18/h3-4,9,18H,2,5-8H2,1H3,(H2,13,15). The summed E-state index contributed by atoms with van der Waals surface area (Å²) >= 11 is 0. The number of oxime groups is 1. The summed E-state index contributed by atoms with van der Waals surface area (Å²) in [6.45, 7) is 4.16. The number of anilines is 1. The summed E-state index contributed by atoms with van der Waals surface area (Å²) in [7, 11) is 2.14. The van der Waals surface area contributed by atoms with Crippen molar-refractivity contribution >= 4 is 11.5 Å². The maximum absolute atomic E-state index is 8.67. The molecule has 2 rings (SSSR count). The van der Waals surface area contributed by atoms with Crippen LogP contribution in [0.4, 0.5) is 5.69 Å². The molecule has 6 heteroatoms. The smallest absolute Gasteiger partial charge is 0.188 e. The topological polar surface area (TPSA) is 78.0 Å². The van der Waals surface area contributed by atoms with Gasteiger partial charge in [-0.1, -0.05) is 5.16 Å². The Morgan fingerprint density at radius 1 is 1.39 bits per heavy atom. The molecule has 0 spiro atoms. The van der Waals surface area contributed by atoms with Crippen LogP contribution in [0.15, 0.2) is 23.5 Å². The zero-order chi connectivity index (χ0) is 13.0. The lowest BCUT2D eigenvalue weighted by atomic mass is 10.2. The zero-order valence-electron chi connectivity index (χ0n) is 10.6. The molecule has 18 heavy (non-hydrogen) atoms. The Hall–Kier alpha value is -1.82. The number of hydrogen-bond acceptors (Lipinski definition) is 5. The predicted octanol–water partition coefficient (Wildman–Crippen LogP) is 0.318. The van der Waals surface area contributed by atoms with Crippen LogP contribution in [-0.2, 0) is 0 Å². The van der Waals surface area contributed by atoms with Gasteiger partial charge in [-0.25, -0.2) is 0 Å². The van der Waals surface area contributed by atoms with Crippen LogP contribution in [0, 0.1) is 0 Å². The first kappa shape index (κ1) is 12.6. The van der Waals surface area contributed by atoms with Crippen LogP contribution in [0.25, 0.3) is 0 Å². The Balaban J connectivity index is 2.17. The summed E-state index contributed by atoms with van der Waals surface area (Å²) in [4.78, 5) is 8.72. The van der Waals surface area contributed by atoms with E-state index in [-0.39, 0.29) is 5.84 Å². The molecule has 2 heterocycles.